The van der Waals surface area contributed by atoms with Crippen LogP contribution < -0.4 is 4.90 Å². The van der Waals surface area contributed by atoms with Crippen LogP contribution in [0.1, 0.15) is 49.1 Å². The Morgan fingerprint density at radius 1 is 0.903 bits per heavy atom. The Morgan fingerprint density at radius 3 is 1.81 bits per heavy atom. The minimum Gasteiger partial charge on any atom is -0.481 e. The van der Waals surface area contributed by atoms with E-state index >= 15 is 0 Å². The average molecular weight is 420 g/mol. The molecule has 1 saturated heterocycles. The summed E-state index contributed by atoms with van der Waals surface area (Å²) in [6.45, 7) is 0.891. The number of rotatable bonds is 1. The molecule has 5 nitrogen and oxygen atoms in total. The summed E-state index contributed by atoms with van der Waals surface area (Å²) in [6.07, 6.45) is 7.23. The van der Waals surface area contributed by atoms with E-state index in [1.54, 1.807) is 0 Å². The van der Waals surface area contributed by atoms with E-state index in [0.717, 1.165) is 52.8 Å². The van der Waals surface area contributed by atoms with Gasteiger partial charge >= 0.3 is 5.97 Å². The standard InChI is InChI=1S/C15H13NO2.C11H16O2/c1-16-12-8-4-2-6-10(12)14(15(17)18)11-7-3-5-9-13(11)16;1-7-2-9-4-8(1)5-10(3-7)11(9)6-12-13-11/h2-9,14H,1H3,(H,17,18);7-10H,1-6H2. The molecule has 2 heterocycles. The number of fused-ring (bicyclic) bond motifs is 2. The number of para-hydroxylation sites is 2. The molecular weight excluding hydrogens is 390 g/mol. The molecule has 8 rings (SSSR count). The molecule has 1 spiro atoms. The van der Waals surface area contributed by atoms with Crippen molar-refractivity contribution in [1.82, 2.24) is 0 Å². The first-order valence-electron chi connectivity index (χ1n) is 11.5. The van der Waals surface area contributed by atoms with Crippen molar-refractivity contribution in [2.75, 3.05) is 18.6 Å². The topological polar surface area (TPSA) is 59.0 Å². The van der Waals surface area contributed by atoms with Gasteiger partial charge in [-0.1, -0.05) is 36.4 Å². The maximum absolute atomic E-state index is 11.6. The molecule has 31 heavy (non-hydrogen) atoms. The van der Waals surface area contributed by atoms with Gasteiger partial charge in [-0.2, -0.15) is 0 Å². The second-order valence-corrected chi connectivity index (χ2v) is 10.1. The highest BCUT2D eigenvalue weighted by Crippen LogP contribution is 2.61. The fourth-order valence-corrected chi connectivity index (χ4v) is 7.19. The number of hydrogen-bond donors (Lipinski definition) is 1. The summed E-state index contributed by atoms with van der Waals surface area (Å²) >= 11 is 0. The zero-order valence-electron chi connectivity index (χ0n) is 17.9. The Kier molecular flexibility index (Phi) is 4.41. The van der Waals surface area contributed by atoms with Crippen LogP contribution in [-0.4, -0.2) is 30.3 Å². The fourth-order valence-electron chi connectivity index (χ4n) is 7.19. The van der Waals surface area contributed by atoms with E-state index in [1.165, 1.54) is 32.1 Å². The molecule has 4 bridgehead atoms. The Morgan fingerprint density at radius 2 is 1.39 bits per heavy atom. The Labute approximate surface area is 182 Å². The first kappa shape index (κ1) is 19.3. The van der Waals surface area contributed by atoms with E-state index in [2.05, 4.69) is 0 Å². The first-order valence-corrected chi connectivity index (χ1v) is 11.5. The molecule has 5 heteroatoms. The van der Waals surface area contributed by atoms with Crippen molar-refractivity contribution < 1.29 is 19.7 Å². The zero-order chi connectivity index (χ0) is 21.2. The van der Waals surface area contributed by atoms with Crippen LogP contribution in [0.2, 0.25) is 0 Å². The summed E-state index contributed by atoms with van der Waals surface area (Å²) < 4.78 is 0. The van der Waals surface area contributed by atoms with Crippen LogP contribution in [0.4, 0.5) is 11.4 Å². The number of carboxylic acid groups (broad SMARTS) is 1. The second-order valence-electron chi connectivity index (χ2n) is 10.1. The van der Waals surface area contributed by atoms with E-state index in [1.807, 2.05) is 60.5 Å². The molecule has 2 aliphatic heterocycles. The molecule has 2 aromatic carbocycles. The average Bonchev–Trinajstić information content (AvgIpc) is 2.73. The third-order valence-electron chi connectivity index (χ3n) is 8.48. The van der Waals surface area contributed by atoms with Gasteiger partial charge in [-0.15, -0.1) is 0 Å². The molecule has 6 aliphatic rings. The summed E-state index contributed by atoms with van der Waals surface area (Å²) in [5, 5.41) is 9.50. The highest BCUT2D eigenvalue weighted by Gasteiger charge is 2.62. The lowest BCUT2D eigenvalue weighted by Gasteiger charge is -2.62. The van der Waals surface area contributed by atoms with E-state index in [9.17, 15) is 9.90 Å². The Hall–Kier alpha value is -2.37. The lowest BCUT2D eigenvalue weighted by atomic mass is 9.49. The van der Waals surface area contributed by atoms with Crippen molar-refractivity contribution in [2.24, 2.45) is 23.7 Å². The van der Waals surface area contributed by atoms with Gasteiger partial charge in [0.2, 0.25) is 0 Å². The maximum Gasteiger partial charge on any atom is 0.315 e. The van der Waals surface area contributed by atoms with Crippen LogP contribution in [-0.2, 0) is 14.6 Å². The van der Waals surface area contributed by atoms with Gasteiger partial charge in [0.05, 0.1) is 0 Å². The molecule has 5 fully saturated rings. The zero-order valence-corrected chi connectivity index (χ0v) is 17.9. The molecule has 4 saturated carbocycles. The molecule has 0 aromatic heterocycles. The summed E-state index contributed by atoms with van der Waals surface area (Å²) in [5.41, 5.74) is 3.83. The van der Waals surface area contributed by atoms with Gasteiger partial charge in [-0.25, -0.2) is 9.78 Å². The van der Waals surface area contributed by atoms with Crippen molar-refractivity contribution >= 4 is 17.3 Å². The maximum atomic E-state index is 11.6. The summed E-state index contributed by atoms with van der Waals surface area (Å²) in [6, 6.07) is 15.3. The van der Waals surface area contributed by atoms with Crippen LogP contribution in [0.5, 0.6) is 0 Å². The monoisotopic (exact) mass is 419 g/mol. The van der Waals surface area contributed by atoms with Crippen LogP contribution in [0.15, 0.2) is 48.5 Å². The van der Waals surface area contributed by atoms with Gasteiger partial charge in [0.15, 0.2) is 0 Å². The van der Waals surface area contributed by atoms with Crippen LogP contribution in [0.3, 0.4) is 0 Å². The Bertz CT molecular complexity index is 936. The third-order valence-corrected chi connectivity index (χ3v) is 8.48. The molecule has 162 valence electrons. The van der Waals surface area contributed by atoms with Crippen molar-refractivity contribution in [2.45, 2.75) is 43.6 Å². The van der Waals surface area contributed by atoms with Crippen molar-refractivity contribution in [3.05, 3.63) is 59.7 Å². The number of carboxylic acids is 1. The van der Waals surface area contributed by atoms with E-state index in [0.29, 0.717) is 0 Å². The van der Waals surface area contributed by atoms with Crippen LogP contribution in [0, 0.1) is 23.7 Å². The summed E-state index contributed by atoms with van der Waals surface area (Å²) in [7, 11) is 1.97. The third kappa shape index (κ3) is 2.86. The number of nitrogens with zero attached hydrogens (tertiary/aromatic N) is 1. The molecule has 1 N–H and O–H groups in total. The number of aliphatic carboxylic acids is 1. The quantitative estimate of drug-likeness (QED) is 0.650. The molecule has 0 unspecified atom stereocenters. The second kappa shape index (κ2) is 7.07. The molecule has 0 atom stereocenters. The SMILES string of the molecule is C1C2CC3CC1CC(C2)C31COO1.CN1c2ccccc2C(C(=O)O)c2ccccc21. The lowest BCUT2D eigenvalue weighted by Crippen LogP contribution is -2.66. The molecule has 0 radical (unpaired) electrons. The number of benzene rings is 2. The van der Waals surface area contributed by atoms with Gasteiger partial charge in [0.1, 0.15) is 18.1 Å². The van der Waals surface area contributed by atoms with E-state index in [-0.39, 0.29) is 5.60 Å². The van der Waals surface area contributed by atoms with Gasteiger partial charge < -0.3 is 10.0 Å². The molecule has 0 amide bonds. The number of anilines is 2. The van der Waals surface area contributed by atoms with Crippen LogP contribution >= 0.6 is 0 Å². The fraction of sp³-hybridized carbons (Fsp3) is 0.500. The van der Waals surface area contributed by atoms with Crippen molar-refractivity contribution in [3.63, 3.8) is 0 Å². The molecule has 2 aromatic rings. The lowest BCUT2D eigenvalue weighted by molar-refractivity contribution is -0.510. The van der Waals surface area contributed by atoms with Gasteiger partial charge in [0, 0.05) is 18.4 Å². The van der Waals surface area contributed by atoms with E-state index < -0.39 is 11.9 Å². The number of carbonyl (C=O) groups is 1. The van der Waals surface area contributed by atoms with Gasteiger partial charge in [0.25, 0.3) is 0 Å². The van der Waals surface area contributed by atoms with Gasteiger partial charge in [-0.3, -0.25) is 4.79 Å². The van der Waals surface area contributed by atoms with E-state index in [4.69, 9.17) is 9.78 Å². The number of hydrogen-bond acceptors (Lipinski definition) is 4. The summed E-state index contributed by atoms with van der Waals surface area (Å²) in [4.78, 5) is 24.1. The predicted molar refractivity (Wildman–Crippen MR) is 117 cm³/mol. The molecule has 4 aliphatic carbocycles. The van der Waals surface area contributed by atoms with Crippen LogP contribution in [0.25, 0.3) is 0 Å². The van der Waals surface area contributed by atoms with Crippen molar-refractivity contribution in [3.8, 4) is 0 Å². The minimum absolute atomic E-state index is 0.202. The Balaban J connectivity index is 0.000000125. The minimum atomic E-state index is -0.803. The highest BCUT2D eigenvalue weighted by atomic mass is 17.2. The van der Waals surface area contributed by atoms with Crippen molar-refractivity contribution in [1.29, 1.82) is 0 Å². The first-order chi connectivity index (χ1) is 15.1. The largest absolute Gasteiger partial charge is 0.481 e. The summed E-state index contributed by atoms with van der Waals surface area (Å²) in [5.74, 6) is 2.39. The van der Waals surface area contributed by atoms with Gasteiger partial charge in [-0.05, 0) is 79.0 Å². The normalized spacial score (nSPS) is 34.4. The smallest absolute Gasteiger partial charge is 0.315 e. The highest BCUT2D eigenvalue weighted by molar-refractivity contribution is 5.90. The predicted octanol–water partition coefficient (Wildman–Crippen LogP) is 5.13. The molecular formula is C26H29NO4.